The molecule has 0 amide bonds. The van der Waals surface area contributed by atoms with Gasteiger partial charge in [-0.2, -0.15) is 5.10 Å². The molecule has 1 aromatic carbocycles. The van der Waals surface area contributed by atoms with Gasteiger partial charge in [-0.25, -0.2) is 4.39 Å². The van der Waals surface area contributed by atoms with Crippen LogP contribution in [0, 0.1) is 5.82 Å². The third-order valence-electron chi connectivity index (χ3n) is 3.41. The fraction of sp³-hybridized carbons (Fsp3) is 0.438. The van der Waals surface area contributed by atoms with Crippen LogP contribution in [0.1, 0.15) is 37.4 Å². The van der Waals surface area contributed by atoms with Crippen LogP contribution in [0.3, 0.4) is 0 Å². The number of likely N-dealkylation sites (N-methyl/N-ethyl adjacent to an activating group) is 1. The first kappa shape index (κ1) is 16.0. The smallest absolute Gasteiger partial charge is 0.145 e. The Bertz CT molecular complexity index is 583. The fourth-order valence-electron chi connectivity index (χ4n) is 2.39. The van der Waals surface area contributed by atoms with Crippen LogP contribution in [0.2, 0.25) is 5.02 Å². The molecule has 3 nitrogen and oxygen atoms in total. The highest BCUT2D eigenvalue weighted by Gasteiger charge is 2.16. The first-order valence-corrected chi connectivity index (χ1v) is 7.72. The zero-order chi connectivity index (χ0) is 15.2. The zero-order valence-corrected chi connectivity index (χ0v) is 13.2. The standard InChI is InChI=1S/C16H21ClFN3/c1-3-8-21-11-13(10-20-21)15(19-4-2)9-12-6-5-7-14(17)16(12)18/h5-7,10-11,15,19H,3-4,8-9H2,1-2H3. The summed E-state index contributed by atoms with van der Waals surface area (Å²) in [6.45, 7) is 5.86. The molecule has 5 heteroatoms. The Morgan fingerprint density at radius 1 is 1.38 bits per heavy atom. The minimum Gasteiger partial charge on any atom is -0.310 e. The number of halogens is 2. The fourth-order valence-corrected chi connectivity index (χ4v) is 2.59. The maximum absolute atomic E-state index is 14.1. The number of aryl methyl sites for hydroxylation is 1. The molecule has 1 atom stereocenters. The summed E-state index contributed by atoms with van der Waals surface area (Å²) in [4.78, 5) is 0. The van der Waals surface area contributed by atoms with E-state index in [0.717, 1.165) is 25.1 Å². The number of nitrogens with zero attached hydrogens (tertiary/aromatic N) is 2. The Morgan fingerprint density at radius 3 is 2.90 bits per heavy atom. The summed E-state index contributed by atoms with van der Waals surface area (Å²) in [7, 11) is 0. The van der Waals surface area contributed by atoms with Gasteiger partial charge in [0.2, 0.25) is 0 Å². The lowest BCUT2D eigenvalue weighted by Gasteiger charge is -2.17. The summed E-state index contributed by atoms with van der Waals surface area (Å²) < 4.78 is 16.0. The summed E-state index contributed by atoms with van der Waals surface area (Å²) >= 11 is 5.85. The van der Waals surface area contributed by atoms with Crippen LogP contribution < -0.4 is 5.32 Å². The Balaban J connectivity index is 2.20. The monoisotopic (exact) mass is 309 g/mol. The summed E-state index contributed by atoms with van der Waals surface area (Å²) in [5.41, 5.74) is 1.70. The van der Waals surface area contributed by atoms with E-state index in [1.54, 1.807) is 18.2 Å². The van der Waals surface area contributed by atoms with E-state index in [4.69, 9.17) is 11.6 Å². The molecule has 0 saturated heterocycles. The number of hydrogen-bond donors (Lipinski definition) is 1. The average Bonchev–Trinajstić information content (AvgIpc) is 2.92. The zero-order valence-electron chi connectivity index (χ0n) is 12.4. The predicted octanol–water partition coefficient (Wildman–Crippen LogP) is 3.98. The molecule has 2 rings (SSSR count). The summed E-state index contributed by atoms with van der Waals surface area (Å²) in [6.07, 6.45) is 5.47. The van der Waals surface area contributed by atoms with Crippen molar-refractivity contribution in [3.8, 4) is 0 Å². The van der Waals surface area contributed by atoms with Gasteiger partial charge in [0.05, 0.1) is 11.2 Å². The van der Waals surface area contributed by atoms with Crippen molar-refractivity contribution < 1.29 is 4.39 Å². The molecule has 0 aliphatic carbocycles. The minimum atomic E-state index is -0.331. The number of hydrogen-bond acceptors (Lipinski definition) is 2. The van der Waals surface area contributed by atoms with Gasteiger partial charge in [0.1, 0.15) is 5.82 Å². The van der Waals surface area contributed by atoms with Gasteiger partial charge in [-0.3, -0.25) is 4.68 Å². The molecule has 0 aliphatic heterocycles. The SMILES string of the molecule is CCCn1cc(C(Cc2cccc(Cl)c2F)NCC)cn1. The molecule has 0 radical (unpaired) electrons. The van der Waals surface area contributed by atoms with Crippen LogP contribution in [-0.2, 0) is 13.0 Å². The van der Waals surface area contributed by atoms with Crippen molar-refractivity contribution >= 4 is 11.6 Å². The van der Waals surface area contributed by atoms with Crippen LogP contribution in [0.5, 0.6) is 0 Å². The number of aromatic nitrogens is 2. The van der Waals surface area contributed by atoms with Crippen molar-refractivity contribution in [2.45, 2.75) is 39.3 Å². The van der Waals surface area contributed by atoms with Crippen LogP contribution in [0.15, 0.2) is 30.6 Å². The highest BCUT2D eigenvalue weighted by molar-refractivity contribution is 6.30. The van der Waals surface area contributed by atoms with Gasteiger partial charge in [-0.05, 0) is 31.0 Å². The van der Waals surface area contributed by atoms with Crippen LogP contribution in [-0.4, -0.2) is 16.3 Å². The summed E-state index contributed by atoms with van der Waals surface area (Å²) in [5.74, 6) is -0.331. The van der Waals surface area contributed by atoms with E-state index in [-0.39, 0.29) is 16.9 Å². The van der Waals surface area contributed by atoms with Gasteiger partial charge in [0.15, 0.2) is 0 Å². The van der Waals surface area contributed by atoms with Crippen LogP contribution in [0.25, 0.3) is 0 Å². The first-order valence-electron chi connectivity index (χ1n) is 7.34. The Kier molecular flexibility index (Phi) is 5.76. The van der Waals surface area contributed by atoms with E-state index in [1.165, 1.54) is 0 Å². The molecular formula is C16H21ClFN3. The van der Waals surface area contributed by atoms with Gasteiger partial charge in [-0.15, -0.1) is 0 Å². The van der Waals surface area contributed by atoms with E-state index >= 15 is 0 Å². The molecule has 0 bridgehead atoms. The van der Waals surface area contributed by atoms with Crippen molar-refractivity contribution in [3.63, 3.8) is 0 Å². The van der Waals surface area contributed by atoms with Crippen molar-refractivity contribution in [2.75, 3.05) is 6.54 Å². The normalized spacial score (nSPS) is 12.6. The van der Waals surface area contributed by atoms with Crippen molar-refractivity contribution in [3.05, 3.63) is 52.6 Å². The van der Waals surface area contributed by atoms with Gasteiger partial charge in [-0.1, -0.05) is 37.6 Å². The van der Waals surface area contributed by atoms with E-state index in [1.807, 2.05) is 24.0 Å². The summed E-state index contributed by atoms with van der Waals surface area (Å²) in [6, 6.07) is 5.17. The molecule has 1 heterocycles. The highest BCUT2D eigenvalue weighted by atomic mass is 35.5. The maximum Gasteiger partial charge on any atom is 0.145 e. The molecule has 1 unspecified atom stereocenters. The third-order valence-corrected chi connectivity index (χ3v) is 3.71. The number of benzene rings is 1. The molecule has 21 heavy (non-hydrogen) atoms. The van der Waals surface area contributed by atoms with E-state index in [2.05, 4.69) is 17.3 Å². The lowest BCUT2D eigenvalue weighted by atomic mass is 10.0. The van der Waals surface area contributed by atoms with Crippen LogP contribution in [0.4, 0.5) is 4.39 Å². The highest BCUT2D eigenvalue weighted by Crippen LogP contribution is 2.24. The van der Waals surface area contributed by atoms with E-state index < -0.39 is 0 Å². The molecular weight excluding hydrogens is 289 g/mol. The average molecular weight is 310 g/mol. The third kappa shape index (κ3) is 4.05. The van der Waals surface area contributed by atoms with Crippen LogP contribution >= 0.6 is 11.6 Å². The van der Waals surface area contributed by atoms with Crippen molar-refractivity contribution in [1.82, 2.24) is 15.1 Å². The van der Waals surface area contributed by atoms with Crippen molar-refractivity contribution in [2.24, 2.45) is 0 Å². The summed E-state index contributed by atoms with van der Waals surface area (Å²) in [5, 5.41) is 7.90. The van der Waals surface area contributed by atoms with E-state index in [0.29, 0.717) is 12.0 Å². The topological polar surface area (TPSA) is 29.9 Å². The molecule has 0 fully saturated rings. The second kappa shape index (κ2) is 7.57. The molecule has 114 valence electrons. The van der Waals surface area contributed by atoms with Gasteiger partial charge in [0, 0.05) is 24.3 Å². The molecule has 1 aromatic heterocycles. The van der Waals surface area contributed by atoms with E-state index in [9.17, 15) is 4.39 Å². The molecule has 2 aromatic rings. The first-order chi connectivity index (χ1) is 10.2. The Labute approximate surface area is 130 Å². The second-order valence-electron chi connectivity index (χ2n) is 5.06. The maximum atomic E-state index is 14.1. The Morgan fingerprint density at radius 2 is 2.19 bits per heavy atom. The van der Waals surface area contributed by atoms with Gasteiger partial charge in [0.25, 0.3) is 0 Å². The van der Waals surface area contributed by atoms with Gasteiger partial charge < -0.3 is 5.32 Å². The molecule has 0 spiro atoms. The lowest BCUT2D eigenvalue weighted by molar-refractivity contribution is 0.526. The second-order valence-corrected chi connectivity index (χ2v) is 5.47. The molecule has 0 aliphatic rings. The molecule has 0 saturated carbocycles. The van der Waals surface area contributed by atoms with Gasteiger partial charge >= 0.3 is 0 Å². The molecule has 1 N–H and O–H groups in total. The predicted molar refractivity (Wildman–Crippen MR) is 84.0 cm³/mol. The largest absolute Gasteiger partial charge is 0.310 e. The number of nitrogens with one attached hydrogen (secondary N) is 1. The van der Waals surface area contributed by atoms with Crippen molar-refractivity contribution in [1.29, 1.82) is 0 Å². The minimum absolute atomic E-state index is 0.0357. The quantitative estimate of drug-likeness (QED) is 0.838. The Hall–Kier alpha value is -1.39. The number of rotatable bonds is 7. The lowest BCUT2D eigenvalue weighted by Crippen LogP contribution is -2.23.